The number of fused-ring (bicyclic) bond motifs is 1. The Morgan fingerprint density at radius 1 is 1.26 bits per heavy atom. The van der Waals surface area contributed by atoms with Crippen molar-refractivity contribution in [3.05, 3.63) is 35.6 Å². The van der Waals surface area contributed by atoms with E-state index >= 15 is 0 Å². The van der Waals surface area contributed by atoms with Gasteiger partial charge in [-0.1, -0.05) is 25.1 Å². The number of nitrogens with one attached hydrogen (secondary N) is 2. The van der Waals surface area contributed by atoms with Gasteiger partial charge in [-0.15, -0.1) is 24.0 Å². The second kappa shape index (κ2) is 10.9. The molecule has 6 heteroatoms. The van der Waals surface area contributed by atoms with E-state index in [-0.39, 0.29) is 24.0 Å². The molecule has 1 aromatic heterocycles. The van der Waals surface area contributed by atoms with E-state index in [9.17, 15) is 0 Å². The van der Waals surface area contributed by atoms with Crippen LogP contribution in [0.5, 0.6) is 0 Å². The Morgan fingerprint density at radius 2 is 2.07 bits per heavy atom. The summed E-state index contributed by atoms with van der Waals surface area (Å²) < 4.78 is 5.98. The zero-order chi connectivity index (χ0) is 18.4. The number of aliphatic imine (C=N–C) groups is 1. The molecule has 1 atom stereocenters. The Kier molecular flexibility index (Phi) is 8.89. The average molecular weight is 484 g/mol. The van der Waals surface area contributed by atoms with Crippen LogP contribution < -0.4 is 10.6 Å². The van der Waals surface area contributed by atoms with Crippen molar-refractivity contribution in [1.29, 1.82) is 0 Å². The molecule has 2 N–H and O–H groups in total. The molecule has 1 aromatic carbocycles. The van der Waals surface area contributed by atoms with Gasteiger partial charge in [-0.25, -0.2) is 4.99 Å². The van der Waals surface area contributed by atoms with Crippen molar-refractivity contribution in [2.75, 3.05) is 32.7 Å². The van der Waals surface area contributed by atoms with Crippen LogP contribution in [0.25, 0.3) is 11.0 Å². The van der Waals surface area contributed by atoms with E-state index < -0.39 is 0 Å². The molecule has 1 aliphatic heterocycles. The summed E-state index contributed by atoms with van der Waals surface area (Å²) in [5, 5.41) is 8.05. The number of rotatable bonds is 7. The van der Waals surface area contributed by atoms with Crippen LogP contribution >= 0.6 is 24.0 Å². The Labute approximate surface area is 180 Å². The van der Waals surface area contributed by atoms with E-state index in [1.165, 1.54) is 43.4 Å². The Morgan fingerprint density at radius 3 is 2.81 bits per heavy atom. The Hall–Kier alpha value is -1.28. The molecule has 0 amide bonds. The molecule has 0 saturated carbocycles. The molecule has 2 aromatic rings. The highest BCUT2D eigenvalue weighted by atomic mass is 127. The van der Waals surface area contributed by atoms with Crippen LogP contribution in [0.2, 0.25) is 0 Å². The third-order valence-corrected chi connectivity index (χ3v) is 5.14. The first-order chi connectivity index (χ1) is 12.7. The fourth-order valence-electron chi connectivity index (χ4n) is 3.71. The third kappa shape index (κ3) is 5.85. The number of guanidine groups is 1. The van der Waals surface area contributed by atoms with Gasteiger partial charge in [0.25, 0.3) is 0 Å². The van der Waals surface area contributed by atoms with Crippen molar-refractivity contribution in [3.63, 3.8) is 0 Å². The second-order valence-electron chi connectivity index (χ2n) is 7.18. The first-order valence-electron chi connectivity index (χ1n) is 9.92. The molecule has 2 heterocycles. The summed E-state index contributed by atoms with van der Waals surface area (Å²) in [6, 6.07) is 8.18. The maximum absolute atomic E-state index is 5.98. The van der Waals surface area contributed by atoms with Crippen molar-refractivity contribution in [2.45, 2.75) is 40.2 Å². The van der Waals surface area contributed by atoms with Crippen LogP contribution in [0, 0.1) is 12.8 Å². The van der Waals surface area contributed by atoms with Crippen LogP contribution in [-0.4, -0.2) is 43.6 Å². The third-order valence-electron chi connectivity index (χ3n) is 5.14. The number of halogens is 1. The predicted octanol–water partition coefficient (Wildman–Crippen LogP) is 4.15. The molecule has 0 radical (unpaired) electrons. The molecule has 150 valence electrons. The lowest BCUT2D eigenvalue weighted by molar-refractivity contribution is 0.324. The molecule has 0 bridgehead atoms. The maximum Gasteiger partial charge on any atom is 0.191 e. The van der Waals surface area contributed by atoms with Gasteiger partial charge < -0.3 is 20.0 Å². The quantitative estimate of drug-likeness (QED) is 0.352. The number of likely N-dealkylation sites (tertiary alicyclic amines) is 1. The van der Waals surface area contributed by atoms with Crippen molar-refractivity contribution in [2.24, 2.45) is 10.9 Å². The number of nitrogens with zero attached hydrogens (tertiary/aromatic N) is 2. The number of hydrogen-bond acceptors (Lipinski definition) is 3. The monoisotopic (exact) mass is 484 g/mol. The highest BCUT2D eigenvalue weighted by Gasteiger charge is 2.21. The average Bonchev–Trinajstić information content (AvgIpc) is 3.23. The number of benzene rings is 1. The first-order valence-corrected chi connectivity index (χ1v) is 9.92. The fraction of sp³-hybridized carbons (Fsp3) is 0.571. The van der Waals surface area contributed by atoms with Crippen molar-refractivity contribution < 1.29 is 4.42 Å². The smallest absolute Gasteiger partial charge is 0.191 e. The summed E-state index contributed by atoms with van der Waals surface area (Å²) in [4.78, 5) is 7.31. The van der Waals surface area contributed by atoms with Gasteiger partial charge in [-0.3, -0.25) is 0 Å². The van der Waals surface area contributed by atoms with Gasteiger partial charge in [0.15, 0.2) is 5.96 Å². The minimum Gasteiger partial charge on any atom is -0.459 e. The van der Waals surface area contributed by atoms with Crippen molar-refractivity contribution in [1.82, 2.24) is 15.5 Å². The summed E-state index contributed by atoms with van der Waals surface area (Å²) in [5.74, 6) is 2.53. The molecule has 5 nitrogen and oxygen atoms in total. The number of hydrogen-bond donors (Lipinski definition) is 2. The highest BCUT2D eigenvalue weighted by molar-refractivity contribution is 14.0. The van der Waals surface area contributed by atoms with E-state index in [0.717, 1.165) is 30.4 Å². The van der Waals surface area contributed by atoms with E-state index in [1.807, 2.05) is 18.2 Å². The van der Waals surface area contributed by atoms with Gasteiger partial charge in [0.1, 0.15) is 17.9 Å². The minimum absolute atomic E-state index is 0. The molecule has 0 spiro atoms. The van der Waals surface area contributed by atoms with Crippen LogP contribution in [0.3, 0.4) is 0 Å². The van der Waals surface area contributed by atoms with E-state index in [0.29, 0.717) is 12.5 Å². The SMILES string of the molecule is CCCN1CCC(CNC(=NCc2oc3ccccc3c2C)NCC)C1.I. The van der Waals surface area contributed by atoms with Gasteiger partial charge in [0.05, 0.1) is 0 Å². The summed E-state index contributed by atoms with van der Waals surface area (Å²) in [7, 11) is 0. The lowest BCUT2D eigenvalue weighted by atomic mass is 10.1. The summed E-state index contributed by atoms with van der Waals surface area (Å²) in [5.41, 5.74) is 2.13. The van der Waals surface area contributed by atoms with Gasteiger partial charge in [0.2, 0.25) is 0 Å². The summed E-state index contributed by atoms with van der Waals surface area (Å²) >= 11 is 0. The summed E-state index contributed by atoms with van der Waals surface area (Å²) in [6.07, 6.45) is 2.51. The van der Waals surface area contributed by atoms with E-state index in [1.54, 1.807) is 0 Å². The largest absolute Gasteiger partial charge is 0.459 e. The second-order valence-corrected chi connectivity index (χ2v) is 7.18. The first kappa shape index (κ1) is 22.0. The molecule has 1 aliphatic rings. The number of furan rings is 1. The van der Waals surface area contributed by atoms with Gasteiger partial charge in [0, 0.05) is 30.6 Å². The molecule has 0 aliphatic carbocycles. The molecule has 27 heavy (non-hydrogen) atoms. The lowest BCUT2D eigenvalue weighted by Gasteiger charge is -2.16. The van der Waals surface area contributed by atoms with Crippen LogP contribution in [0.1, 0.15) is 38.0 Å². The fourth-order valence-corrected chi connectivity index (χ4v) is 3.71. The normalized spacial score (nSPS) is 17.9. The van der Waals surface area contributed by atoms with Gasteiger partial charge in [-0.05, 0) is 51.8 Å². The van der Waals surface area contributed by atoms with Crippen LogP contribution in [-0.2, 0) is 6.54 Å². The van der Waals surface area contributed by atoms with Gasteiger partial charge in [-0.2, -0.15) is 0 Å². The topological polar surface area (TPSA) is 52.8 Å². The zero-order valence-corrected chi connectivity index (χ0v) is 19.1. The van der Waals surface area contributed by atoms with E-state index in [2.05, 4.69) is 42.4 Å². The van der Waals surface area contributed by atoms with Crippen molar-refractivity contribution in [3.8, 4) is 0 Å². The Balaban J connectivity index is 0.00000261. The molecular weight excluding hydrogens is 451 g/mol. The number of aryl methyl sites for hydroxylation is 1. The maximum atomic E-state index is 5.98. The molecule has 3 rings (SSSR count). The van der Waals surface area contributed by atoms with Crippen LogP contribution in [0.15, 0.2) is 33.7 Å². The molecule has 1 unspecified atom stereocenters. The lowest BCUT2D eigenvalue weighted by Crippen LogP contribution is -2.40. The van der Waals surface area contributed by atoms with Crippen LogP contribution in [0.4, 0.5) is 0 Å². The standard InChI is InChI=1S/C21H32N4O.HI/c1-4-11-25-12-10-17(15-25)13-23-21(22-5-2)24-14-20-16(3)18-8-6-7-9-19(18)26-20;/h6-9,17H,4-5,10-15H2,1-3H3,(H2,22,23,24);1H. The molecule has 1 saturated heterocycles. The Bertz CT molecular complexity index is 743. The zero-order valence-electron chi connectivity index (χ0n) is 16.8. The molecule has 1 fully saturated rings. The molecular formula is C21H33IN4O. The minimum atomic E-state index is 0. The predicted molar refractivity (Wildman–Crippen MR) is 124 cm³/mol. The van der Waals surface area contributed by atoms with E-state index in [4.69, 9.17) is 9.41 Å². The van der Waals surface area contributed by atoms with Gasteiger partial charge >= 0.3 is 0 Å². The highest BCUT2D eigenvalue weighted by Crippen LogP contribution is 2.25. The number of para-hydroxylation sites is 1. The summed E-state index contributed by atoms with van der Waals surface area (Å²) in [6.45, 7) is 12.5. The van der Waals surface area contributed by atoms with Crippen molar-refractivity contribution >= 4 is 40.9 Å².